The Kier molecular flexibility index (Phi) is 5.03. The van der Waals surface area contributed by atoms with E-state index in [9.17, 15) is 0 Å². The normalized spacial score (nSPS) is 18.5. The summed E-state index contributed by atoms with van der Waals surface area (Å²) in [6.45, 7) is 2.21. The van der Waals surface area contributed by atoms with Crippen LogP contribution in [-0.2, 0) is 0 Å². The van der Waals surface area contributed by atoms with Crippen LogP contribution in [-0.4, -0.2) is 29.2 Å². The van der Waals surface area contributed by atoms with Gasteiger partial charge in [0.1, 0.15) is 0 Å². The molecule has 2 nitrogen and oxygen atoms in total. The van der Waals surface area contributed by atoms with Gasteiger partial charge in [-0.1, -0.05) is 30.8 Å². The summed E-state index contributed by atoms with van der Waals surface area (Å²) in [4.78, 5) is 4.29. The highest BCUT2D eigenvalue weighted by molar-refractivity contribution is 7.98. The number of thiocarbonyl (C=S) groups is 1. The lowest BCUT2D eigenvalue weighted by Crippen LogP contribution is -2.40. The standard InChI is InChI=1S/C14H20N2S2/c1-18-12-7-5-11(6-8-12)13(14(15)17)16-9-3-2-4-10-16/h5-8,13H,2-4,9-10H2,1H3,(H2,15,17). The molecule has 1 aliphatic heterocycles. The molecule has 1 heterocycles. The van der Waals surface area contributed by atoms with E-state index in [0.29, 0.717) is 4.99 Å². The first-order chi connectivity index (χ1) is 8.72. The second kappa shape index (κ2) is 6.55. The molecule has 0 amide bonds. The summed E-state index contributed by atoms with van der Waals surface area (Å²) >= 11 is 7.03. The number of piperidine rings is 1. The molecule has 1 aromatic rings. The van der Waals surface area contributed by atoms with E-state index < -0.39 is 0 Å². The molecule has 0 saturated carbocycles. The highest BCUT2D eigenvalue weighted by Gasteiger charge is 2.24. The van der Waals surface area contributed by atoms with Crippen LogP contribution in [0.2, 0.25) is 0 Å². The Morgan fingerprint density at radius 2 is 1.83 bits per heavy atom. The van der Waals surface area contributed by atoms with Crippen LogP contribution >= 0.6 is 24.0 Å². The predicted molar refractivity (Wildman–Crippen MR) is 83.2 cm³/mol. The van der Waals surface area contributed by atoms with Crippen LogP contribution < -0.4 is 5.73 Å². The summed E-state index contributed by atoms with van der Waals surface area (Å²) in [5.74, 6) is 0. The van der Waals surface area contributed by atoms with Crippen LogP contribution in [0.15, 0.2) is 29.2 Å². The first kappa shape index (κ1) is 13.8. The highest BCUT2D eigenvalue weighted by atomic mass is 32.2. The second-order valence-corrected chi connectivity index (χ2v) is 6.03. The van der Waals surface area contributed by atoms with Crippen LogP contribution in [0.4, 0.5) is 0 Å². The predicted octanol–water partition coefficient (Wildman–Crippen LogP) is 3.22. The Bertz CT molecular complexity index is 397. The van der Waals surface area contributed by atoms with E-state index in [1.807, 2.05) is 0 Å². The maximum atomic E-state index is 5.95. The van der Waals surface area contributed by atoms with Gasteiger partial charge in [-0.3, -0.25) is 4.90 Å². The lowest BCUT2D eigenvalue weighted by atomic mass is 10.0. The van der Waals surface area contributed by atoms with Gasteiger partial charge in [0, 0.05) is 4.90 Å². The Labute approximate surface area is 119 Å². The van der Waals surface area contributed by atoms with Gasteiger partial charge in [-0.05, 0) is 49.9 Å². The Hall–Kier alpha value is -0.580. The molecular weight excluding hydrogens is 260 g/mol. The van der Waals surface area contributed by atoms with E-state index in [1.54, 1.807) is 11.8 Å². The first-order valence-electron chi connectivity index (χ1n) is 6.39. The third-order valence-corrected chi connectivity index (χ3v) is 4.42. The number of thioether (sulfide) groups is 1. The zero-order chi connectivity index (χ0) is 13.0. The maximum absolute atomic E-state index is 5.95. The molecule has 18 heavy (non-hydrogen) atoms. The molecule has 1 atom stereocenters. The molecule has 0 bridgehead atoms. The Morgan fingerprint density at radius 3 is 2.33 bits per heavy atom. The summed E-state index contributed by atoms with van der Waals surface area (Å²) in [5, 5.41) is 0. The van der Waals surface area contributed by atoms with Crippen molar-refractivity contribution in [1.29, 1.82) is 0 Å². The average molecular weight is 280 g/mol. The van der Waals surface area contributed by atoms with Gasteiger partial charge in [0.2, 0.25) is 0 Å². The van der Waals surface area contributed by atoms with Crippen molar-refractivity contribution in [2.45, 2.75) is 30.2 Å². The molecule has 1 saturated heterocycles. The number of hydrogen-bond donors (Lipinski definition) is 1. The largest absolute Gasteiger partial charge is 0.392 e. The van der Waals surface area contributed by atoms with Crippen LogP contribution in [0.25, 0.3) is 0 Å². The molecule has 1 unspecified atom stereocenters. The van der Waals surface area contributed by atoms with E-state index in [2.05, 4.69) is 35.4 Å². The fourth-order valence-corrected chi connectivity index (χ4v) is 3.21. The smallest absolute Gasteiger partial charge is 0.0948 e. The van der Waals surface area contributed by atoms with Crippen molar-refractivity contribution in [2.24, 2.45) is 5.73 Å². The number of hydrogen-bond acceptors (Lipinski definition) is 3. The van der Waals surface area contributed by atoms with Crippen molar-refractivity contribution in [2.75, 3.05) is 19.3 Å². The minimum Gasteiger partial charge on any atom is -0.392 e. The molecule has 1 aromatic carbocycles. The van der Waals surface area contributed by atoms with Gasteiger partial charge in [-0.2, -0.15) is 0 Å². The fraction of sp³-hybridized carbons (Fsp3) is 0.500. The van der Waals surface area contributed by atoms with E-state index in [4.69, 9.17) is 18.0 Å². The van der Waals surface area contributed by atoms with E-state index in [-0.39, 0.29) is 6.04 Å². The summed E-state index contributed by atoms with van der Waals surface area (Å²) in [6.07, 6.45) is 5.92. The molecule has 1 fully saturated rings. The molecule has 0 spiro atoms. The molecule has 2 rings (SSSR count). The summed E-state index contributed by atoms with van der Waals surface area (Å²) in [6, 6.07) is 8.72. The topological polar surface area (TPSA) is 29.3 Å². The van der Waals surface area contributed by atoms with Crippen molar-refractivity contribution in [3.05, 3.63) is 29.8 Å². The summed E-state index contributed by atoms with van der Waals surface area (Å²) in [5.41, 5.74) is 7.18. The SMILES string of the molecule is CSc1ccc(C(C(N)=S)N2CCCCC2)cc1. The molecule has 0 aromatic heterocycles. The van der Waals surface area contributed by atoms with E-state index >= 15 is 0 Å². The molecule has 0 aliphatic carbocycles. The van der Waals surface area contributed by atoms with E-state index in [0.717, 1.165) is 13.1 Å². The molecule has 98 valence electrons. The Balaban J connectivity index is 2.20. The third-order valence-electron chi connectivity index (χ3n) is 3.46. The highest BCUT2D eigenvalue weighted by Crippen LogP contribution is 2.26. The van der Waals surface area contributed by atoms with Gasteiger partial charge in [-0.15, -0.1) is 11.8 Å². The lowest BCUT2D eigenvalue weighted by molar-refractivity contribution is 0.203. The van der Waals surface area contributed by atoms with Crippen LogP contribution in [0.3, 0.4) is 0 Å². The third kappa shape index (κ3) is 3.25. The number of benzene rings is 1. The summed E-state index contributed by atoms with van der Waals surface area (Å²) < 4.78 is 0. The van der Waals surface area contributed by atoms with Gasteiger partial charge in [0.15, 0.2) is 0 Å². The zero-order valence-electron chi connectivity index (χ0n) is 10.8. The maximum Gasteiger partial charge on any atom is 0.0948 e. The van der Waals surface area contributed by atoms with Crippen molar-refractivity contribution in [3.63, 3.8) is 0 Å². The molecule has 4 heteroatoms. The van der Waals surface area contributed by atoms with Crippen molar-refractivity contribution in [1.82, 2.24) is 4.90 Å². The van der Waals surface area contributed by atoms with Gasteiger partial charge in [-0.25, -0.2) is 0 Å². The molecule has 0 radical (unpaired) electrons. The van der Waals surface area contributed by atoms with Crippen molar-refractivity contribution in [3.8, 4) is 0 Å². The summed E-state index contributed by atoms with van der Waals surface area (Å²) in [7, 11) is 0. The minimum absolute atomic E-state index is 0.108. The monoisotopic (exact) mass is 280 g/mol. The van der Waals surface area contributed by atoms with E-state index in [1.165, 1.54) is 29.7 Å². The van der Waals surface area contributed by atoms with Gasteiger partial charge < -0.3 is 5.73 Å². The molecule has 2 N–H and O–H groups in total. The minimum atomic E-state index is 0.108. The lowest BCUT2D eigenvalue weighted by Gasteiger charge is -2.34. The van der Waals surface area contributed by atoms with Crippen LogP contribution in [0.1, 0.15) is 30.9 Å². The van der Waals surface area contributed by atoms with Crippen molar-refractivity contribution < 1.29 is 0 Å². The first-order valence-corrected chi connectivity index (χ1v) is 8.03. The van der Waals surface area contributed by atoms with Crippen LogP contribution in [0.5, 0.6) is 0 Å². The quantitative estimate of drug-likeness (QED) is 0.677. The van der Waals surface area contributed by atoms with Gasteiger partial charge in [0.05, 0.1) is 11.0 Å². The fourth-order valence-electron chi connectivity index (χ4n) is 2.52. The number of nitrogens with zero attached hydrogens (tertiary/aromatic N) is 1. The molecule has 1 aliphatic rings. The Morgan fingerprint density at radius 1 is 1.22 bits per heavy atom. The molecular formula is C14H20N2S2. The van der Waals surface area contributed by atoms with Crippen LogP contribution in [0, 0.1) is 0 Å². The second-order valence-electron chi connectivity index (χ2n) is 4.67. The van der Waals surface area contributed by atoms with Gasteiger partial charge >= 0.3 is 0 Å². The zero-order valence-corrected chi connectivity index (χ0v) is 12.4. The van der Waals surface area contributed by atoms with Gasteiger partial charge in [0.25, 0.3) is 0 Å². The van der Waals surface area contributed by atoms with Crippen molar-refractivity contribution >= 4 is 29.0 Å². The number of likely N-dealkylation sites (tertiary alicyclic amines) is 1. The number of nitrogens with two attached hydrogens (primary N) is 1. The number of rotatable bonds is 4. The average Bonchev–Trinajstić information content (AvgIpc) is 2.40.